The molecule has 128 valence electrons. The number of anilines is 1. The molecule has 3 aromatic heterocycles. The smallest absolute Gasteiger partial charge is 0.274 e. The molecule has 0 fully saturated rings. The zero-order chi connectivity index (χ0) is 17.9. The van der Waals surface area contributed by atoms with Crippen molar-refractivity contribution in [2.45, 2.75) is 0 Å². The maximum Gasteiger partial charge on any atom is 0.274 e. The van der Waals surface area contributed by atoms with Crippen LogP contribution < -0.4 is 10.1 Å². The number of pyridine rings is 2. The zero-order valence-corrected chi connectivity index (χ0v) is 13.8. The highest BCUT2D eigenvalue weighted by molar-refractivity contribution is 6.03. The molecule has 4 rings (SSSR count). The standard InChI is InChI=1S/C19H14N4O3/c1-25-14-6-8-21-16(10-14)18(24)22-13-4-5-17-15(9-13)23-19(26-17)12-3-2-7-20-11-12/h2-11H,1H3,(H,22,24). The lowest BCUT2D eigenvalue weighted by molar-refractivity contribution is 0.102. The van der Waals surface area contributed by atoms with Crippen LogP contribution in [0.1, 0.15) is 10.5 Å². The number of hydrogen-bond acceptors (Lipinski definition) is 6. The van der Waals surface area contributed by atoms with Gasteiger partial charge in [-0.25, -0.2) is 4.98 Å². The summed E-state index contributed by atoms with van der Waals surface area (Å²) >= 11 is 0. The molecule has 0 aliphatic heterocycles. The fourth-order valence-corrected chi connectivity index (χ4v) is 2.48. The Morgan fingerprint density at radius 1 is 1.15 bits per heavy atom. The number of methoxy groups -OCH3 is 1. The van der Waals surface area contributed by atoms with Crippen molar-refractivity contribution in [3.63, 3.8) is 0 Å². The van der Waals surface area contributed by atoms with Crippen molar-refractivity contribution in [1.29, 1.82) is 0 Å². The SMILES string of the molecule is COc1ccnc(C(=O)Nc2ccc3oc(-c4cccnc4)nc3c2)c1. The number of hydrogen-bond donors (Lipinski definition) is 1. The summed E-state index contributed by atoms with van der Waals surface area (Å²) in [6.45, 7) is 0. The van der Waals surface area contributed by atoms with Crippen LogP contribution in [-0.2, 0) is 0 Å². The van der Waals surface area contributed by atoms with E-state index in [9.17, 15) is 4.79 Å². The third-order valence-electron chi connectivity index (χ3n) is 3.75. The molecule has 0 saturated carbocycles. The molecule has 1 aromatic carbocycles. The second kappa shape index (κ2) is 6.64. The van der Waals surface area contributed by atoms with Gasteiger partial charge in [0, 0.05) is 30.3 Å². The molecule has 7 nitrogen and oxygen atoms in total. The maximum atomic E-state index is 12.4. The summed E-state index contributed by atoms with van der Waals surface area (Å²) in [6.07, 6.45) is 4.89. The van der Waals surface area contributed by atoms with Gasteiger partial charge in [0.25, 0.3) is 5.91 Å². The van der Waals surface area contributed by atoms with Crippen LogP contribution >= 0.6 is 0 Å². The minimum atomic E-state index is -0.334. The van der Waals surface area contributed by atoms with Crippen LogP contribution in [0.15, 0.2) is 65.5 Å². The van der Waals surface area contributed by atoms with Gasteiger partial charge in [0.1, 0.15) is 17.0 Å². The number of nitrogens with one attached hydrogen (secondary N) is 1. The Balaban J connectivity index is 1.60. The van der Waals surface area contributed by atoms with E-state index in [4.69, 9.17) is 9.15 Å². The summed E-state index contributed by atoms with van der Waals surface area (Å²) in [5.41, 5.74) is 2.91. The van der Waals surface area contributed by atoms with E-state index >= 15 is 0 Å². The molecule has 0 aliphatic carbocycles. The third-order valence-corrected chi connectivity index (χ3v) is 3.75. The molecule has 0 bridgehead atoms. The number of rotatable bonds is 4. The monoisotopic (exact) mass is 346 g/mol. The van der Waals surface area contributed by atoms with Gasteiger partial charge in [0.2, 0.25) is 5.89 Å². The topological polar surface area (TPSA) is 90.1 Å². The number of aromatic nitrogens is 3. The van der Waals surface area contributed by atoms with Gasteiger partial charge in [0.05, 0.1) is 12.7 Å². The summed E-state index contributed by atoms with van der Waals surface area (Å²) < 4.78 is 10.8. The minimum Gasteiger partial charge on any atom is -0.497 e. The molecule has 0 unspecified atom stereocenters. The summed E-state index contributed by atoms with van der Waals surface area (Å²) in [4.78, 5) is 24.9. The fraction of sp³-hybridized carbons (Fsp3) is 0.0526. The molecule has 0 radical (unpaired) electrons. The Kier molecular flexibility index (Phi) is 4.03. The molecular weight excluding hydrogens is 332 g/mol. The molecule has 3 heterocycles. The average molecular weight is 346 g/mol. The predicted molar refractivity (Wildman–Crippen MR) is 96.0 cm³/mol. The highest BCUT2D eigenvalue weighted by Gasteiger charge is 2.12. The molecule has 0 atom stereocenters. The number of benzene rings is 1. The highest BCUT2D eigenvalue weighted by Crippen LogP contribution is 2.26. The average Bonchev–Trinajstić information content (AvgIpc) is 3.12. The van der Waals surface area contributed by atoms with E-state index < -0.39 is 0 Å². The Morgan fingerprint density at radius 2 is 2.08 bits per heavy atom. The minimum absolute atomic E-state index is 0.264. The van der Waals surface area contributed by atoms with E-state index in [1.807, 2.05) is 12.1 Å². The number of amides is 1. The lowest BCUT2D eigenvalue weighted by Crippen LogP contribution is -2.13. The van der Waals surface area contributed by atoms with Crippen molar-refractivity contribution >= 4 is 22.7 Å². The molecule has 0 aliphatic rings. The van der Waals surface area contributed by atoms with E-state index in [2.05, 4.69) is 20.3 Å². The summed E-state index contributed by atoms with van der Waals surface area (Å²) in [6, 6.07) is 12.2. The second-order valence-corrected chi connectivity index (χ2v) is 5.48. The Morgan fingerprint density at radius 3 is 2.88 bits per heavy atom. The molecular formula is C19H14N4O3. The second-order valence-electron chi connectivity index (χ2n) is 5.48. The summed E-state index contributed by atoms with van der Waals surface area (Å²) in [7, 11) is 1.54. The number of oxazole rings is 1. The summed E-state index contributed by atoms with van der Waals surface area (Å²) in [5, 5.41) is 2.80. The molecule has 7 heteroatoms. The first-order valence-electron chi connectivity index (χ1n) is 7.85. The highest BCUT2D eigenvalue weighted by atomic mass is 16.5. The van der Waals surface area contributed by atoms with Crippen molar-refractivity contribution in [2.75, 3.05) is 12.4 Å². The summed E-state index contributed by atoms with van der Waals surface area (Å²) in [5.74, 6) is 0.712. The van der Waals surface area contributed by atoms with Crippen LogP contribution in [0.2, 0.25) is 0 Å². The molecule has 0 spiro atoms. The van der Waals surface area contributed by atoms with Gasteiger partial charge in [-0.15, -0.1) is 0 Å². The third kappa shape index (κ3) is 3.10. The first-order chi connectivity index (χ1) is 12.7. The van der Waals surface area contributed by atoms with Gasteiger partial charge in [-0.05, 0) is 36.4 Å². The number of carbonyl (C=O) groups excluding carboxylic acids is 1. The molecule has 0 saturated heterocycles. The first-order valence-corrected chi connectivity index (χ1v) is 7.85. The van der Waals surface area contributed by atoms with Crippen molar-refractivity contribution in [3.8, 4) is 17.2 Å². The number of nitrogens with zero attached hydrogens (tertiary/aromatic N) is 3. The van der Waals surface area contributed by atoms with Crippen molar-refractivity contribution in [3.05, 3.63) is 66.7 Å². The Hall–Kier alpha value is -3.74. The number of ether oxygens (including phenoxy) is 1. The van der Waals surface area contributed by atoms with E-state index in [0.717, 1.165) is 5.56 Å². The lowest BCUT2D eigenvalue weighted by atomic mass is 10.2. The van der Waals surface area contributed by atoms with Crippen molar-refractivity contribution in [1.82, 2.24) is 15.0 Å². The molecule has 26 heavy (non-hydrogen) atoms. The van der Waals surface area contributed by atoms with Gasteiger partial charge >= 0.3 is 0 Å². The molecule has 4 aromatic rings. The zero-order valence-electron chi connectivity index (χ0n) is 13.8. The van der Waals surface area contributed by atoms with E-state index in [0.29, 0.717) is 28.4 Å². The normalized spacial score (nSPS) is 10.7. The van der Waals surface area contributed by atoms with Crippen LogP contribution in [0.25, 0.3) is 22.6 Å². The maximum absolute atomic E-state index is 12.4. The number of carbonyl (C=O) groups is 1. The Bertz CT molecular complexity index is 1080. The van der Waals surface area contributed by atoms with Crippen molar-refractivity contribution in [2.24, 2.45) is 0 Å². The van der Waals surface area contributed by atoms with Crippen LogP contribution in [0.3, 0.4) is 0 Å². The lowest BCUT2D eigenvalue weighted by Gasteiger charge is -2.05. The van der Waals surface area contributed by atoms with Gasteiger partial charge in [0.15, 0.2) is 5.58 Å². The van der Waals surface area contributed by atoms with Crippen LogP contribution in [0, 0.1) is 0 Å². The molecule has 1 N–H and O–H groups in total. The molecule has 1 amide bonds. The van der Waals surface area contributed by atoms with E-state index in [1.165, 1.54) is 13.3 Å². The quantitative estimate of drug-likeness (QED) is 0.608. The van der Waals surface area contributed by atoms with Gasteiger partial charge < -0.3 is 14.5 Å². The van der Waals surface area contributed by atoms with E-state index in [-0.39, 0.29) is 11.6 Å². The van der Waals surface area contributed by atoms with E-state index in [1.54, 1.807) is 42.7 Å². The van der Waals surface area contributed by atoms with Crippen molar-refractivity contribution < 1.29 is 13.9 Å². The van der Waals surface area contributed by atoms with Crippen LogP contribution in [0.4, 0.5) is 5.69 Å². The van der Waals surface area contributed by atoms with Gasteiger partial charge in [-0.3, -0.25) is 14.8 Å². The Labute approximate surface area is 148 Å². The fourth-order valence-electron chi connectivity index (χ4n) is 2.48. The van der Waals surface area contributed by atoms with Crippen LogP contribution in [0.5, 0.6) is 5.75 Å². The van der Waals surface area contributed by atoms with Gasteiger partial charge in [-0.2, -0.15) is 0 Å². The van der Waals surface area contributed by atoms with Gasteiger partial charge in [-0.1, -0.05) is 0 Å². The largest absolute Gasteiger partial charge is 0.497 e. The predicted octanol–water partition coefficient (Wildman–Crippen LogP) is 3.55. The van der Waals surface area contributed by atoms with Crippen LogP contribution in [-0.4, -0.2) is 28.0 Å². The first kappa shape index (κ1) is 15.8. The number of fused-ring (bicyclic) bond motifs is 1.